The smallest absolute Gasteiger partial charge is 0.159 e. The number of aryl methyl sites for hydroxylation is 1. The molecule has 0 fully saturated rings. The Morgan fingerprint density at radius 1 is 1.20 bits per heavy atom. The molecule has 3 nitrogen and oxygen atoms in total. The third-order valence-corrected chi connectivity index (χ3v) is 4.14. The first-order valence-corrected chi connectivity index (χ1v) is 7.92. The quantitative estimate of drug-likeness (QED) is 0.935. The standard InChI is InChI=1S/C16H18BrN3/c1-2-3-14-13-10-18-9-8-15(13)20-16(19-14)11-4-6-12(17)7-5-11/h4-7,18H,2-3,8-10H2,1H3. The summed E-state index contributed by atoms with van der Waals surface area (Å²) in [5.41, 5.74) is 4.84. The maximum Gasteiger partial charge on any atom is 0.159 e. The van der Waals surface area contributed by atoms with Gasteiger partial charge in [-0.3, -0.25) is 0 Å². The molecular weight excluding hydrogens is 314 g/mol. The van der Waals surface area contributed by atoms with Crippen molar-refractivity contribution in [2.45, 2.75) is 32.7 Å². The van der Waals surface area contributed by atoms with Crippen LogP contribution in [0.25, 0.3) is 11.4 Å². The Morgan fingerprint density at radius 3 is 2.75 bits per heavy atom. The summed E-state index contributed by atoms with van der Waals surface area (Å²) in [6.45, 7) is 4.12. The van der Waals surface area contributed by atoms with E-state index in [0.29, 0.717) is 0 Å². The molecule has 0 bridgehead atoms. The molecule has 0 atom stereocenters. The van der Waals surface area contributed by atoms with Gasteiger partial charge in [0.05, 0.1) is 5.69 Å². The molecule has 1 aliphatic heterocycles. The van der Waals surface area contributed by atoms with E-state index in [1.54, 1.807) is 0 Å². The van der Waals surface area contributed by atoms with E-state index in [4.69, 9.17) is 9.97 Å². The average molecular weight is 332 g/mol. The van der Waals surface area contributed by atoms with Crippen molar-refractivity contribution in [3.63, 3.8) is 0 Å². The number of fused-ring (bicyclic) bond motifs is 1. The molecule has 1 aliphatic rings. The molecular formula is C16H18BrN3. The van der Waals surface area contributed by atoms with E-state index < -0.39 is 0 Å². The zero-order valence-corrected chi connectivity index (χ0v) is 13.2. The van der Waals surface area contributed by atoms with Crippen LogP contribution in [0.4, 0.5) is 0 Å². The number of benzene rings is 1. The molecule has 0 saturated carbocycles. The Kier molecular flexibility index (Phi) is 4.13. The van der Waals surface area contributed by atoms with Gasteiger partial charge in [-0.05, 0) is 18.6 Å². The Labute approximate surface area is 128 Å². The van der Waals surface area contributed by atoms with Crippen molar-refractivity contribution in [2.75, 3.05) is 6.54 Å². The third-order valence-electron chi connectivity index (χ3n) is 3.61. The summed E-state index contributed by atoms with van der Waals surface area (Å²) in [5, 5.41) is 3.42. The lowest BCUT2D eigenvalue weighted by Crippen LogP contribution is -2.26. The summed E-state index contributed by atoms with van der Waals surface area (Å²) in [6, 6.07) is 8.23. The summed E-state index contributed by atoms with van der Waals surface area (Å²) in [4.78, 5) is 9.60. The van der Waals surface area contributed by atoms with Crippen LogP contribution in [0, 0.1) is 0 Å². The van der Waals surface area contributed by atoms with Crippen molar-refractivity contribution in [2.24, 2.45) is 0 Å². The number of hydrogen-bond donors (Lipinski definition) is 1. The fourth-order valence-electron chi connectivity index (χ4n) is 2.58. The molecule has 0 spiro atoms. The largest absolute Gasteiger partial charge is 0.312 e. The summed E-state index contributed by atoms with van der Waals surface area (Å²) in [7, 11) is 0. The Hall–Kier alpha value is -1.26. The Bertz CT molecular complexity index is 608. The lowest BCUT2D eigenvalue weighted by atomic mass is 10.0. The van der Waals surface area contributed by atoms with Crippen LogP contribution in [-0.4, -0.2) is 16.5 Å². The highest BCUT2D eigenvalue weighted by atomic mass is 79.9. The van der Waals surface area contributed by atoms with E-state index in [-0.39, 0.29) is 0 Å². The van der Waals surface area contributed by atoms with E-state index >= 15 is 0 Å². The molecule has 0 radical (unpaired) electrons. The number of hydrogen-bond acceptors (Lipinski definition) is 3. The van der Waals surface area contributed by atoms with E-state index in [1.165, 1.54) is 17.0 Å². The van der Waals surface area contributed by atoms with Gasteiger partial charge in [0, 0.05) is 40.8 Å². The normalized spacial score (nSPS) is 14.1. The van der Waals surface area contributed by atoms with Crippen LogP contribution in [-0.2, 0) is 19.4 Å². The number of nitrogens with one attached hydrogen (secondary N) is 1. The van der Waals surface area contributed by atoms with Gasteiger partial charge in [0.1, 0.15) is 0 Å². The van der Waals surface area contributed by atoms with Gasteiger partial charge < -0.3 is 5.32 Å². The molecule has 3 rings (SSSR count). The van der Waals surface area contributed by atoms with Crippen molar-refractivity contribution in [3.05, 3.63) is 45.7 Å². The highest BCUT2D eigenvalue weighted by Crippen LogP contribution is 2.23. The van der Waals surface area contributed by atoms with Crippen LogP contribution in [0.2, 0.25) is 0 Å². The maximum atomic E-state index is 4.81. The SMILES string of the molecule is CCCc1nc(-c2ccc(Br)cc2)nc2c1CNCC2. The van der Waals surface area contributed by atoms with E-state index in [0.717, 1.165) is 48.2 Å². The number of aromatic nitrogens is 2. The summed E-state index contributed by atoms with van der Waals surface area (Å²) >= 11 is 3.47. The van der Waals surface area contributed by atoms with Crippen LogP contribution < -0.4 is 5.32 Å². The van der Waals surface area contributed by atoms with Crippen LogP contribution in [0.3, 0.4) is 0 Å². The fraction of sp³-hybridized carbons (Fsp3) is 0.375. The van der Waals surface area contributed by atoms with E-state index in [1.807, 2.05) is 12.1 Å². The molecule has 20 heavy (non-hydrogen) atoms. The zero-order valence-electron chi connectivity index (χ0n) is 11.6. The summed E-state index contributed by atoms with van der Waals surface area (Å²) in [6.07, 6.45) is 3.14. The first-order chi connectivity index (χ1) is 9.78. The topological polar surface area (TPSA) is 37.8 Å². The lowest BCUT2D eigenvalue weighted by molar-refractivity contribution is 0.615. The molecule has 1 aromatic carbocycles. The van der Waals surface area contributed by atoms with Crippen LogP contribution in [0.15, 0.2) is 28.7 Å². The maximum absolute atomic E-state index is 4.81. The Balaban J connectivity index is 2.07. The van der Waals surface area contributed by atoms with Crippen LogP contribution in [0.1, 0.15) is 30.3 Å². The minimum atomic E-state index is 0.863. The highest BCUT2D eigenvalue weighted by molar-refractivity contribution is 9.10. The van der Waals surface area contributed by atoms with Gasteiger partial charge in [-0.2, -0.15) is 0 Å². The molecule has 4 heteroatoms. The Morgan fingerprint density at radius 2 is 2.00 bits per heavy atom. The summed E-state index contributed by atoms with van der Waals surface area (Å²) < 4.78 is 1.08. The second-order valence-corrected chi connectivity index (χ2v) is 6.02. The number of rotatable bonds is 3. The first kappa shape index (κ1) is 13.7. The second-order valence-electron chi connectivity index (χ2n) is 5.10. The van der Waals surface area contributed by atoms with Gasteiger partial charge in [0.15, 0.2) is 5.82 Å². The van der Waals surface area contributed by atoms with Gasteiger partial charge in [0.25, 0.3) is 0 Å². The molecule has 0 amide bonds. The predicted octanol–water partition coefficient (Wildman–Crippen LogP) is 3.50. The molecule has 2 aromatic rings. The van der Waals surface area contributed by atoms with Crippen LogP contribution >= 0.6 is 15.9 Å². The number of nitrogens with zero attached hydrogens (tertiary/aromatic N) is 2. The zero-order chi connectivity index (χ0) is 13.9. The second kappa shape index (κ2) is 6.02. The summed E-state index contributed by atoms with van der Waals surface area (Å²) in [5.74, 6) is 0.863. The molecule has 0 unspecified atom stereocenters. The molecule has 1 aromatic heterocycles. The predicted molar refractivity (Wildman–Crippen MR) is 84.6 cm³/mol. The monoisotopic (exact) mass is 331 g/mol. The average Bonchev–Trinajstić information content (AvgIpc) is 2.48. The molecule has 2 heterocycles. The molecule has 0 saturated heterocycles. The minimum absolute atomic E-state index is 0.863. The highest BCUT2D eigenvalue weighted by Gasteiger charge is 2.17. The van der Waals surface area contributed by atoms with E-state index in [9.17, 15) is 0 Å². The van der Waals surface area contributed by atoms with Crippen molar-refractivity contribution in [1.82, 2.24) is 15.3 Å². The van der Waals surface area contributed by atoms with Crippen LogP contribution in [0.5, 0.6) is 0 Å². The van der Waals surface area contributed by atoms with Gasteiger partial charge in [-0.15, -0.1) is 0 Å². The molecule has 0 aliphatic carbocycles. The van der Waals surface area contributed by atoms with Crippen molar-refractivity contribution >= 4 is 15.9 Å². The van der Waals surface area contributed by atoms with Crippen molar-refractivity contribution in [3.8, 4) is 11.4 Å². The van der Waals surface area contributed by atoms with E-state index in [2.05, 4.69) is 40.3 Å². The lowest BCUT2D eigenvalue weighted by Gasteiger charge is -2.20. The third kappa shape index (κ3) is 2.76. The van der Waals surface area contributed by atoms with Gasteiger partial charge in [-0.1, -0.05) is 41.4 Å². The van der Waals surface area contributed by atoms with Gasteiger partial charge in [0.2, 0.25) is 0 Å². The van der Waals surface area contributed by atoms with Crippen molar-refractivity contribution < 1.29 is 0 Å². The molecule has 104 valence electrons. The minimum Gasteiger partial charge on any atom is -0.312 e. The molecule has 1 N–H and O–H groups in total. The van der Waals surface area contributed by atoms with Gasteiger partial charge in [-0.25, -0.2) is 9.97 Å². The first-order valence-electron chi connectivity index (χ1n) is 7.13. The van der Waals surface area contributed by atoms with Gasteiger partial charge >= 0.3 is 0 Å². The fourth-order valence-corrected chi connectivity index (χ4v) is 2.85. The number of halogens is 1. The van der Waals surface area contributed by atoms with Crippen molar-refractivity contribution in [1.29, 1.82) is 0 Å².